The highest BCUT2D eigenvalue weighted by molar-refractivity contribution is 7.07. The molecule has 4 rings (SSSR count). The number of aromatic nitrogens is 1. The van der Waals surface area contributed by atoms with Gasteiger partial charge in [-0.05, 0) is 69.2 Å². The second-order valence-electron chi connectivity index (χ2n) is 9.52. The second kappa shape index (κ2) is 13.5. The Hall–Kier alpha value is -4.38. The first-order chi connectivity index (χ1) is 20.2. The van der Waals surface area contributed by atoms with Crippen molar-refractivity contribution in [3.63, 3.8) is 0 Å². The molecule has 0 saturated carbocycles. The van der Waals surface area contributed by atoms with E-state index in [4.69, 9.17) is 18.9 Å². The average Bonchev–Trinajstić information content (AvgIpc) is 3.26. The fourth-order valence-corrected chi connectivity index (χ4v) is 5.60. The molecule has 2 heterocycles. The number of thiazole rings is 1. The summed E-state index contributed by atoms with van der Waals surface area (Å²) in [6.07, 6.45) is 1.75. The molecule has 3 aromatic rings. The lowest BCUT2D eigenvalue weighted by Gasteiger charge is -2.25. The van der Waals surface area contributed by atoms with E-state index in [0.29, 0.717) is 44.3 Å². The number of hydrogen-bond acceptors (Lipinski definition) is 10. The van der Waals surface area contributed by atoms with Gasteiger partial charge in [0, 0.05) is 19.8 Å². The van der Waals surface area contributed by atoms with E-state index in [2.05, 4.69) is 4.99 Å². The highest BCUT2D eigenvalue weighted by Crippen LogP contribution is 2.32. The molecule has 0 aliphatic carbocycles. The fourth-order valence-electron chi connectivity index (χ4n) is 4.55. The van der Waals surface area contributed by atoms with Gasteiger partial charge in [0.05, 0.1) is 41.7 Å². The van der Waals surface area contributed by atoms with Crippen LogP contribution in [0.2, 0.25) is 0 Å². The summed E-state index contributed by atoms with van der Waals surface area (Å²) < 4.78 is 23.6. The molecule has 0 radical (unpaired) electrons. The lowest BCUT2D eigenvalue weighted by atomic mass is 9.95. The number of carbonyl (C=O) groups excluding carboxylic acids is 2. The summed E-state index contributed by atoms with van der Waals surface area (Å²) in [7, 11) is 3.89. The molecular formula is C31H35N3O7S. The van der Waals surface area contributed by atoms with Gasteiger partial charge >= 0.3 is 11.9 Å². The predicted molar refractivity (Wildman–Crippen MR) is 161 cm³/mol. The van der Waals surface area contributed by atoms with Crippen LogP contribution in [0.25, 0.3) is 6.08 Å². The van der Waals surface area contributed by atoms with Crippen molar-refractivity contribution in [2.75, 3.05) is 45.4 Å². The van der Waals surface area contributed by atoms with Crippen LogP contribution in [0.5, 0.6) is 11.5 Å². The third kappa shape index (κ3) is 6.57. The maximum absolute atomic E-state index is 13.9. The van der Waals surface area contributed by atoms with E-state index in [0.717, 1.165) is 11.3 Å². The van der Waals surface area contributed by atoms with Crippen molar-refractivity contribution in [2.24, 2.45) is 4.99 Å². The van der Waals surface area contributed by atoms with Crippen LogP contribution in [0.15, 0.2) is 63.5 Å². The number of fused-ring (bicyclic) bond motifs is 1. The highest BCUT2D eigenvalue weighted by atomic mass is 32.1. The number of nitrogens with zero attached hydrogens (tertiary/aromatic N) is 3. The average molecular weight is 594 g/mol. The predicted octanol–water partition coefficient (Wildman–Crippen LogP) is 3.20. The van der Waals surface area contributed by atoms with Crippen LogP contribution in [-0.4, -0.2) is 57.0 Å². The Morgan fingerprint density at radius 2 is 1.69 bits per heavy atom. The molecule has 0 N–H and O–H groups in total. The Morgan fingerprint density at radius 1 is 0.976 bits per heavy atom. The maximum atomic E-state index is 13.9. The van der Waals surface area contributed by atoms with Gasteiger partial charge in [-0.3, -0.25) is 9.36 Å². The molecule has 0 saturated heterocycles. The molecule has 1 aromatic heterocycles. The summed E-state index contributed by atoms with van der Waals surface area (Å²) in [5.74, 6) is -0.162. The van der Waals surface area contributed by atoms with E-state index in [1.807, 2.05) is 50.2 Å². The summed E-state index contributed by atoms with van der Waals surface area (Å²) in [5.41, 5.74) is 3.01. The molecule has 1 aliphatic rings. The van der Waals surface area contributed by atoms with Gasteiger partial charge in [0.15, 0.2) is 22.9 Å². The van der Waals surface area contributed by atoms with Gasteiger partial charge in [-0.2, -0.15) is 0 Å². The van der Waals surface area contributed by atoms with Crippen molar-refractivity contribution < 1.29 is 28.5 Å². The molecule has 0 unspecified atom stereocenters. The molecule has 1 aliphatic heterocycles. The van der Waals surface area contributed by atoms with Gasteiger partial charge in [0.2, 0.25) is 0 Å². The largest absolute Gasteiger partial charge is 0.490 e. The first kappa shape index (κ1) is 30.6. The van der Waals surface area contributed by atoms with Crippen LogP contribution < -0.4 is 29.3 Å². The van der Waals surface area contributed by atoms with E-state index >= 15 is 0 Å². The van der Waals surface area contributed by atoms with Crippen LogP contribution in [0.1, 0.15) is 44.9 Å². The number of esters is 2. The lowest BCUT2D eigenvalue weighted by Crippen LogP contribution is -2.39. The first-order valence-electron chi connectivity index (χ1n) is 13.7. The summed E-state index contributed by atoms with van der Waals surface area (Å²) in [6, 6.07) is 12.2. The van der Waals surface area contributed by atoms with Crippen molar-refractivity contribution >= 4 is 35.0 Å². The molecule has 0 amide bonds. The van der Waals surface area contributed by atoms with E-state index in [1.165, 1.54) is 11.3 Å². The Labute approximate surface area is 248 Å². The molecule has 0 bridgehead atoms. The van der Waals surface area contributed by atoms with Crippen molar-refractivity contribution in [3.05, 3.63) is 84.5 Å². The molecule has 0 fully saturated rings. The summed E-state index contributed by atoms with van der Waals surface area (Å²) in [5, 5.41) is 0. The normalized spacial score (nSPS) is 14.6. The zero-order chi connectivity index (χ0) is 30.4. The summed E-state index contributed by atoms with van der Waals surface area (Å²) >= 11 is 1.24. The van der Waals surface area contributed by atoms with E-state index in [9.17, 15) is 14.4 Å². The Bertz CT molecular complexity index is 1670. The number of rotatable bonds is 11. The minimum absolute atomic E-state index is 0.202. The Balaban J connectivity index is 1.80. The van der Waals surface area contributed by atoms with Crippen LogP contribution in [-0.2, 0) is 19.1 Å². The standard InChI is InChI=1S/C31H35N3O7S/c1-7-38-24-16-20(10-15-23(24)41-18-26(35)39-8-2)17-25-29(36)34-28(21-11-13-22(14-12-21)33(5)6)27(30(37)40-9-3)19(4)32-31(34)42-25/h10-17,28H,7-9,18H2,1-6H3/b25-17-/t28-/m0/s1. The molecule has 11 heteroatoms. The van der Waals surface area contributed by atoms with Crippen LogP contribution in [0, 0.1) is 0 Å². The minimum Gasteiger partial charge on any atom is -0.490 e. The monoisotopic (exact) mass is 593 g/mol. The number of benzene rings is 2. The smallest absolute Gasteiger partial charge is 0.344 e. The molecule has 0 spiro atoms. The van der Waals surface area contributed by atoms with Crippen LogP contribution >= 0.6 is 11.3 Å². The first-order valence-corrected chi connectivity index (χ1v) is 14.5. The van der Waals surface area contributed by atoms with Crippen molar-refractivity contribution in [1.29, 1.82) is 0 Å². The minimum atomic E-state index is -0.698. The molecule has 1 atom stereocenters. The molecular weight excluding hydrogens is 558 g/mol. The zero-order valence-corrected chi connectivity index (χ0v) is 25.4. The maximum Gasteiger partial charge on any atom is 0.344 e. The topological polar surface area (TPSA) is 109 Å². The SMILES string of the molecule is CCOC(=O)COc1ccc(/C=c2\sc3n(c2=O)[C@@H](c2ccc(N(C)C)cc2)C(C(=O)OCC)=C(C)N=3)cc1OCC. The fraction of sp³-hybridized carbons (Fsp3) is 0.355. The summed E-state index contributed by atoms with van der Waals surface area (Å²) in [6.45, 7) is 7.67. The van der Waals surface area contributed by atoms with Gasteiger partial charge in [-0.15, -0.1) is 0 Å². The highest BCUT2D eigenvalue weighted by Gasteiger charge is 2.33. The molecule has 222 valence electrons. The number of ether oxygens (including phenoxy) is 4. The second-order valence-corrected chi connectivity index (χ2v) is 10.5. The summed E-state index contributed by atoms with van der Waals surface area (Å²) in [4.78, 5) is 45.9. The van der Waals surface area contributed by atoms with E-state index < -0.39 is 18.0 Å². The van der Waals surface area contributed by atoms with Crippen LogP contribution in [0.4, 0.5) is 5.69 Å². The third-order valence-electron chi connectivity index (χ3n) is 6.46. The molecule has 2 aromatic carbocycles. The Morgan fingerprint density at radius 3 is 2.33 bits per heavy atom. The van der Waals surface area contributed by atoms with Gasteiger partial charge in [0.1, 0.15) is 0 Å². The van der Waals surface area contributed by atoms with Gasteiger partial charge in [-0.25, -0.2) is 14.6 Å². The van der Waals surface area contributed by atoms with Gasteiger partial charge in [-0.1, -0.05) is 29.5 Å². The van der Waals surface area contributed by atoms with E-state index in [-0.39, 0.29) is 25.4 Å². The quantitative estimate of drug-likeness (QED) is 0.312. The van der Waals surface area contributed by atoms with Crippen molar-refractivity contribution in [2.45, 2.75) is 33.7 Å². The van der Waals surface area contributed by atoms with Crippen molar-refractivity contribution in [1.82, 2.24) is 4.57 Å². The molecule has 10 nitrogen and oxygen atoms in total. The van der Waals surface area contributed by atoms with Crippen molar-refractivity contribution in [3.8, 4) is 11.5 Å². The number of carbonyl (C=O) groups is 2. The lowest BCUT2D eigenvalue weighted by molar-refractivity contribution is -0.145. The van der Waals surface area contributed by atoms with Gasteiger partial charge < -0.3 is 23.8 Å². The third-order valence-corrected chi connectivity index (χ3v) is 7.44. The number of anilines is 1. The zero-order valence-electron chi connectivity index (χ0n) is 24.6. The van der Waals surface area contributed by atoms with Crippen LogP contribution in [0.3, 0.4) is 0 Å². The molecule has 42 heavy (non-hydrogen) atoms. The van der Waals surface area contributed by atoms with Gasteiger partial charge in [0.25, 0.3) is 5.56 Å². The van der Waals surface area contributed by atoms with E-state index in [1.54, 1.807) is 49.6 Å². The number of allylic oxidation sites excluding steroid dienone is 1. The number of hydrogen-bond donors (Lipinski definition) is 0. The Kier molecular flexibility index (Phi) is 9.84.